The summed E-state index contributed by atoms with van der Waals surface area (Å²) in [5, 5.41) is 9.06. The van der Waals surface area contributed by atoms with E-state index in [-0.39, 0.29) is 35.1 Å². The zero-order valence-corrected chi connectivity index (χ0v) is 10.8. The molecule has 18 heavy (non-hydrogen) atoms. The predicted octanol–water partition coefficient (Wildman–Crippen LogP) is 2.48. The molecule has 5 heteroatoms. The molecule has 99 valence electrons. The number of ether oxygens (including phenoxy) is 1. The van der Waals surface area contributed by atoms with Crippen molar-refractivity contribution in [3.63, 3.8) is 0 Å². The molecule has 0 spiro atoms. The summed E-state index contributed by atoms with van der Waals surface area (Å²) in [5.74, 6) is -1.10. The Balaban J connectivity index is 0.00000289. The van der Waals surface area contributed by atoms with Crippen LogP contribution in [0.4, 0.5) is 0 Å². The molecule has 0 aliphatic carbocycles. The fraction of sp³-hybridized carbons (Fsp3) is 0.231. The Morgan fingerprint density at radius 2 is 2.00 bits per heavy atom. The average Bonchev–Trinajstić information content (AvgIpc) is 2.30. The molecule has 0 saturated heterocycles. The van der Waals surface area contributed by atoms with Gasteiger partial charge in [-0.2, -0.15) is 0 Å². The van der Waals surface area contributed by atoms with Crippen LogP contribution in [0, 0.1) is 6.57 Å². The SMILES string of the molecule is [C-]#[N+]C(C(=O)OCCc1ccccc1)=C(C)O.[Cu]. The third-order valence-electron chi connectivity index (χ3n) is 2.11. The van der Waals surface area contributed by atoms with E-state index < -0.39 is 5.97 Å². The molecule has 1 N–H and O–H groups in total. The van der Waals surface area contributed by atoms with Crippen molar-refractivity contribution in [3.8, 4) is 0 Å². The van der Waals surface area contributed by atoms with Gasteiger partial charge in [0.1, 0.15) is 5.76 Å². The third-order valence-corrected chi connectivity index (χ3v) is 2.11. The van der Waals surface area contributed by atoms with Crippen LogP contribution in [0.15, 0.2) is 41.8 Å². The fourth-order valence-electron chi connectivity index (χ4n) is 1.25. The minimum Gasteiger partial charge on any atom is -0.523 e. The number of benzene rings is 1. The summed E-state index contributed by atoms with van der Waals surface area (Å²) >= 11 is 0. The van der Waals surface area contributed by atoms with Gasteiger partial charge in [0, 0.05) is 23.5 Å². The standard InChI is InChI=1S/C13H13NO3.Cu/c1-10(15)12(14-2)13(16)17-9-8-11-6-4-3-5-7-11;/h3-7,15H,8-9H2,1H3;. The van der Waals surface area contributed by atoms with Gasteiger partial charge in [-0.3, -0.25) is 4.79 Å². The molecule has 0 unspecified atom stereocenters. The van der Waals surface area contributed by atoms with Gasteiger partial charge < -0.3 is 9.84 Å². The average molecular weight is 295 g/mol. The van der Waals surface area contributed by atoms with Crippen LogP contribution in [0.1, 0.15) is 12.5 Å². The molecule has 0 fully saturated rings. The summed E-state index contributed by atoms with van der Waals surface area (Å²) in [6, 6.07) is 9.57. The normalized spacial score (nSPS) is 10.7. The van der Waals surface area contributed by atoms with Crippen LogP contribution in [0.5, 0.6) is 0 Å². The molecular formula is C13H13CuNO3. The third kappa shape index (κ3) is 5.05. The number of rotatable bonds is 4. The second-order valence-electron chi connectivity index (χ2n) is 3.42. The van der Waals surface area contributed by atoms with Gasteiger partial charge in [0.05, 0.1) is 13.2 Å². The summed E-state index contributed by atoms with van der Waals surface area (Å²) < 4.78 is 4.89. The Labute approximate surface area is 117 Å². The maximum absolute atomic E-state index is 11.4. The first-order chi connectivity index (χ1) is 8.15. The zero-order valence-electron chi connectivity index (χ0n) is 9.81. The van der Waals surface area contributed by atoms with E-state index in [0.717, 1.165) is 5.56 Å². The van der Waals surface area contributed by atoms with Crippen LogP contribution < -0.4 is 0 Å². The van der Waals surface area contributed by atoms with Gasteiger partial charge in [0.15, 0.2) is 0 Å². The van der Waals surface area contributed by atoms with E-state index in [0.29, 0.717) is 6.42 Å². The summed E-state index contributed by atoms with van der Waals surface area (Å²) in [6.45, 7) is 8.20. The van der Waals surface area contributed by atoms with E-state index in [4.69, 9.17) is 16.4 Å². The molecule has 0 amide bonds. The molecule has 1 radical (unpaired) electrons. The van der Waals surface area contributed by atoms with Crippen molar-refractivity contribution in [1.82, 2.24) is 0 Å². The maximum Gasteiger partial charge on any atom is 0.339 e. The fourth-order valence-corrected chi connectivity index (χ4v) is 1.25. The molecule has 1 rings (SSSR count). The Bertz CT molecular complexity index is 459. The van der Waals surface area contributed by atoms with Crippen molar-refractivity contribution in [2.45, 2.75) is 13.3 Å². The largest absolute Gasteiger partial charge is 0.523 e. The Morgan fingerprint density at radius 1 is 1.39 bits per heavy atom. The maximum atomic E-state index is 11.4. The number of carbonyl (C=O) groups is 1. The summed E-state index contributed by atoms with van der Waals surface area (Å²) in [4.78, 5) is 14.3. The van der Waals surface area contributed by atoms with Crippen LogP contribution in [-0.4, -0.2) is 17.7 Å². The Morgan fingerprint density at radius 3 is 2.50 bits per heavy atom. The molecular weight excluding hydrogens is 282 g/mol. The number of aliphatic hydroxyl groups excluding tert-OH is 1. The molecule has 0 aliphatic heterocycles. The smallest absolute Gasteiger partial charge is 0.339 e. The van der Waals surface area contributed by atoms with E-state index in [9.17, 15) is 4.79 Å². The molecule has 0 bridgehead atoms. The van der Waals surface area contributed by atoms with E-state index in [1.807, 2.05) is 30.3 Å². The van der Waals surface area contributed by atoms with Crippen LogP contribution in [-0.2, 0) is 33.0 Å². The van der Waals surface area contributed by atoms with Gasteiger partial charge in [-0.15, -0.1) is 0 Å². The minimum atomic E-state index is -0.782. The second kappa shape index (κ2) is 8.35. The van der Waals surface area contributed by atoms with Crippen molar-refractivity contribution in [2.75, 3.05) is 6.61 Å². The van der Waals surface area contributed by atoms with E-state index >= 15 is 0 Å². The second-order valence-corrected chi connectivity index (χ2v) is 3.42. The first-order valence-corrected chi connectivity index (χ1v) is 5.13. The zero-order chi connectivity index (χ0) is 12.7. The van der Waals surface area contributed by atoms with Gasteiger partial charge in [-0.1, -0.05) is 30.3 Å². The van der Waals surface area contributed by atoms with E-state index in [1.165, 1.54) is 6.92 Å². The van der Waals surface area contributed by atoms with Gasteiger partial charge in [0.25, 0.3) is 0 Å². The van der Waals surface area contributed by atoms with Crippen molar-refractivity contribution in [3.05, 3.63) is 58.8 Å². The molecule has 1 aromatic rings. The van der Waals surface area contributed by atoms with E-state index in [1.54, 1.807) is 0 Å². The van der Waals surface area contributed by atoms with Gasteiger partial charge in [-0.25, -0.2) is 4.85 Å². The van der Waals surface area contributed by atoms with Gasteiger partial charge in [0.2, 0.25) is 0 Å². The van der Waals surface area contributed by atoms with Crippen LogP contribution in [0.2, 0.25) is 0 Å². The monoisotopic (exact) mass is 294 g/mol. The molecule has 4 nitrogen and oxygen atoms in total. The molecule has 0 heterocycles. The first-order valence-electron chi connectivity index (χ1n) is 5.13. The molecule has 0 atom stereocenters. The number of esters is 1. The Hall–Kier alpha value is -1.76. The topological polar surface area (TPSA) is 50.9 Å². The quantitative estimate of drug-likeness (QED) is 0.305. The predicted molar refractivity (Wildman–Crippen MR) is 63.0 cm³/mol. The Kier molecular flexibility index (Phi) is 7.53. The summed E-state index contributed by atoms with van der Waals surface area (Å²) in [7, 11) is 0. The summed E-state index contributed by atoms with van der Waals surface area (Å²) in [6.07, 6.45) is 0.586. The van der Waals surface area contributed by atoms with Crippen molar-refractivity contribution in [2.24, 2.45) is 0 Å². The number of carbonyl (C=O) groups excluding carboxylic acids is 1. The minimum absolute atomic E-state index is 0. The number of aliphatic hydroxyl groups is 1. The first kappa shape index (κ1) is 16.2. The molecule has 0 aliphatic rings. The molecule has 1 aromatic carbocycles. The van der Waals surface area contributed by atoms with E-state index in [2.05, 4.69) is 4.85 Å². The number of hydrogen-bond donors (Lipinski definition) is 1. The molecule has 0 saturated carbocycles. The van der Waals surface area contributed by atoms with Crippen LogP contribution in [0.3, 0.4) is 0 Å². The van der Waals surface area contributed by atoms with Crippen LogP contribution >= 0.6 is 0 Å². The van der Waals surface area contributed by atoms with Gasteiger partial charge >= 0.3 is 11.7 Å². The summed E-state index contributed by atoms with van der Waals surface area (Å²) in [5.41, 5.74) is 0.687. The number of allylic oxidation sites excluding steroid dienone is 1. The van der Waals surface area contributed by atoms with Crippen molar-refractivity contribution >= 4 is 5.97 Å². The molecule has 0 aromatic heterocycles. The van der Waals surface area contributed by atoms with Crippen molar-refractivity contribution < 1.29 is 31.7 Å². The van der Waals surface area contributed by atoms with Crippen molar-refractivity contribution in [1.29, 1.82) is 0 Å². The number of hydrogen-bond acceptors (Lipinski definition) is 3. The number of nitrogens with zero attached hydrogens (tertiary/aromatic N) is 1. The van der Waals surface area contributed by atoms with Gasteiger partial charge in [-0.05, 0) is 12.5 Å². The van der Waals surface area contributed by atoms with Crippen LogP contribution in [0.25, 0.3) is 4.85 Å².